The molecule has 0 radical (unpaired) electrons. The summed E-state index contributed by atoms with van der Waals surface area (Å²) >= 11 is 0. The first-order valence-corrected chi connectivity index (χ1v) is 5.35. The van der Waals surface area contributed by atoms with Crippen molar-refractivity contribution in [2.75, 3.05) is 6.54 Å². The van der Waals surface area contributed by atoms with Crippen LogP contribution >= 0.6 is 0 Å². The predicted molar refractivity (Wildman–Crippen MR) is 61.4 cm³/mol. The van der Waals surface area contributed by atoms with Crippen molar-refractivity contribution in [1.29, 1.82) is 0 Å². The van der Waals surface area contributed by atoms with Gasteiger partial charge in [0.1, 0.15) is 12.2 Å². The van der Waals surface area contributed by atoms with Crippen molar-refractivity contribution in [3.05, 3.63) is 24.8 Å². The zero-order valence-electron chi connectivity index (χ0n) is 9.61. The molecule has 1 aromatic rings. The molecule has 0 aromatic carbocycles. The fraction of sp³-hybridized carbons (Fsp3) is 0.636. The highest BCUT2D eigenvalue weighted by molar-refractivity contribution is 5.01. The molecule has 1 heterocycles. The Morgan fingerprint density at radius 2 is 2.40 bits per heavy atom. The Morgan fingerprint density at radius 1 is 1.67 bits per heavy atom. The van der Waals surface area contributed by atoms with E-state index in [1.54, 1.807) is 6.33 Å². The summed E-state index contributed by atoms with van der Waals surface area (Å²) in [5.41, 5.74) is 5.64. The largest absolute Gasteiger partial charge is 0.330 e. The van der Waals surface area contributed by atoms with Crippen LogP contribution in [0.15, 0.2) is 19.0 Å². The van der Waals surface area contributed by atoms with E-state index in [1.807, 2.05) is 10.8 Å². The Balaban J connectivity index is 2.78. The quantitative estimate of drug-likeness (QED) is 0.719. The van der Waals surface area contributed by atoms with Crippen molar-refractivity contribution in [1.82, 2.24) is 14.8 Å². The molecule has 1 aromatic heterocycles. The van der Waals surface area contributed by atoms with E-state index in [1.165, 1.54) is 0 Å². The van der Waals surface area contributed by atoms with E-state index < -0.39 is 0 Å². The summed E-state index contributed by atoms with van der Waals surface area (Å²) < 4.78 is 1.94. The second-order valence-corrected chi connectivity index (χ2v) is 4.14. The van der Waals surface area contributed by atoms with E-state index in [0.29, 0.717) is 6.54 Å². The molecule has 0 saturated heterocycles. The van der Waals surface area contributed by atoms with Crippen LogP contribution in [0.1, 0.15) is 26.1 Å². The molecule has 0 bridgehead atoms. The SMILES string of the molecule is C=CC(C)(CN)Cc1ncnn1CCC. The molecule has 0 spiro atoms. The van der Waals surface area contributed by atoms with E-state index in [-0.39, 0.29) is 5.41 Å². The number of hydrogen-bond donors (Lipinski definition) is 1. The summed E-state index contributed by atoms with van der Waals surface area (Å²) in [5, 5.41) is 4.19. The molecule has 0 amide bonds. The molecule has 15 heavy (non-hydrogen) atoms. The highest BCUT2D eigenvalue weighted by Gasteiger charge is 2.21. The molecular formula is C11H20N4. The lowest BCUT2D eigenvalue weighted by Crippen LogP contribution is -2.28. The summed E-state index contributed by atoms with van der Waals surface area (Å²) in [7, 11) is 0. The van der Waals surface area contributed by atoms with E-state index in [0.717, 1.165) is 25.2 Å². The molecule has 0 aliphatic heterocycles. The standard InChI is InChI=1S/C11H20N4/c1-4-6-15-10(13-9-14-15)7-11(3,5-2)8-12/h5,9H,2,4,6-8,12H2,1,3H3. The van der Waals surface area contributed by atoms with Gasteiger partial charge in [-0.1, -0.05) is 19.9 Å². The first-order chi connectivity index (χ1) is 7.15. The first kappa shape index (κ1) is 11.9. The van der Waals surface area contributed by atoms with Crippen LogP contribution in [0.5, 0.6) is 0 Å². The fourth-order valence-electron chi connectivity index (χ4n) is 1.41. The van der Waals surface area contributed by atoms with Gasteiger partial charge in [-0.25, -0.2) is 4.98 Å². The van der Waals surface area contributed by atoms with E-state index in [4.69, 9.17) is 5.73 Å². The van der Waals surface area contributed by atoms with Crippen molar-refractivity contribution in [2.45, 2.75) is 33.2 Å². The first-order valence-electron chi connectivity index (χ1n) is 5.35. The van der Waals surface area contributed by atoms with Crippen molar-refractivity contribution < 1.29 is 0 Å². The third-order valence-electron chi connectivity index (χ3n) is 2.65. The summed E-state index contributed by atoms with van der Waals surface area (Å²) in [6.45, 7) is 9.53. The molecule has 84 valence electrons. The van der Waals surface area contributed by atoms with Crippen molar-refractivity contribution in [2.24, 2.45) is 11.1 Å². The molecule has 1 unspecified atom stereocenters. The average molecular weight is 208 g/mol. The van der Waals surface area contributed by atoms with Crippen LogP contribution < -0.4 is 5.73 Å². The molecule has 1 atom stereocenters. The Kier molecular flexibility index (Phi) is 4.03. The van der Waals surface area contributed by atoms with Gasteiger partial charge in [-0.05, 0) is 6.42 Å². The molecule has 0 aliphatic rings. The minimum Gasteiger partial charge on any atom is -0.330 e. The molecule has 0 aliphatic carbocycles. The number of hydrogen-bond acceptors (Lipinski definition) is 3. The second-order valence-electron chi connectivity index (χ2n) is 4.14. The van der Waals surface area contributed by atoms with Gasteiger partial charge in [0.25, 0.3) is 0 Å². The van der Waals surface area contributed by atoms with Crippen molar-refractivity contribution in [3.63, 3.8) is 0 Å². The minimum atomic E-state index is -0.0848. The fourth-order valence-corrected chi connectivity index (χ4v) is 1.41. The summed E-state index contributed by atoms with van der Waals surface area (Å²) in [6, 6.07) is 0. The molecule has 1 rings (SSSR count). The summed E-state index contributed by atoms with van der Waals surface area (Å²) in [6.07, 6.45) is 5.36. The van der Waals surface area contributed by atoms with Crippen LogP contribution in [0.4, 0.5) is 0 Å². The van der Waals surface area contributed by atoms with Crippen LogP contribution in [0.2, 0.25) is 0 Å². The lowest BCUT2D eigenvalue weighted by atomic mass is 9.87. The van der Waals surface area contributed by atoms with Crippen molar-refractivity contribution in [3.8, 4) is 0 Å². The van der Waals surface area contributed by atoms with Crippen LogP contribution in [0.25, 0.3) is 0 Å². The zero-order chi connectivity index (χ0) is 11.3. The Bertz CT molecular complexity index is 318. The van der Waals surface area contributed by atoms with Crippen LogP contribution in [-0.4, -0.2) is 21.3 Å². The molecule has 2 N–H and O–H groups in total. The Hall–Kier alpha value is -1.16. The lowest BCUT2D eigenvalue weighted by molar-refractivity contribution is 0.410. The third-order valence-corrected chi connectivity index (χ3v) is 2.65. The van der Waals surface area contributed by atoms with Gasteiger partial charge in [-0.2, -0.15) is 5.10 Å². The zero-order valence-corrected chi connectivity index (χ0v) is 9.61. The Labute approximate surface area is 91.2 Å². The van der Waals surface area contributed by atoms with Gasteiger partial charge in [0.2, 0.25) is 0 Å². The summed E-state index contributed by atoms with van der Waals surface area (Å²) in [4.78, 5) is 4.26. The predicted octanol–water partition coefficient (Wildman–Crippen LogP) is 1.38. The maximum atomic E-state index is 5.73. The number of aryl methyl sites for hydroxylation is 1. The maximum absolute atomic E-state index is 5.73. The van der Waals surface area contributed by atoms with Gasteiger partial charge in [0.15, 0.2) is 0 Å². The second kappa shape index (κ2) is 5.07. The van der Waals surface area contributed by atoms with Gasteiger partial charge >= 0.3 is 0 Å². The van der Waals surface area contributed by atoms with E-state index in [9.17, 15) is 0 Å². The maximum Gasteiger partial charge on any atom is 0.138 e. The van der Waals surface area contributed by atoms with Crippen LogP contribution in [-0.2, 0) is 13.0 Å². The topological polar surface area (TPSA) is 56.7 Å². The minimum absolute atomic E-state index is 0.0848. The monoisotopic (exact) mass is 208 g/mol. The Morgan fingerprint density at radius 3 is 2.93 bits per heavy atom. The number of nitrogens with two attached hydrogens (primary N) is 1. The van der Waals surface area contributed by atoms with Crippen molar-refractivity contribution >= 4 is 0 Å². The highest BCUT2D eigenvalue weighted by Crippen LogP contribution is 2.21. The van der Waals surface area contributed by atoms with Gasteiger partial charge in [-0.15, -0.1) is 6.58 Å². The van der Waals surface area contributed by atoms with Gasteiger partial charge in [0.05, 0.1) is 0 Å². The van der Waals surface area contributed by atoms with Crippen LogP contribution in [0, 0.1) is 5.41 Å². The summed E-state index contributed by atoms with van der Waals surface area (Å²) in [5.74, 6) is 0.990. The third kappa shape index (κ3) is 2.89. The smallest absolute Gasteiger partial charge is 0.138 e. The van der Waals surface area contributed by atoms with Crippen LogP contribution in [0.3, 0.4) is 0 Å². The van der Waals surface area contributed by atoms with E-state index >= 15 is 0 Å². The van der Waals surface area contributed by atoms with Gasteiger partial charge in [-0.3, -0.25) is 4.68 Å². The molecule has 0 fully saturated rings. The molecular weight excluding hydrogens is 188 g/mol. The number of nitrogens with zero attached hydrogens (tertiary/aromatic N) is 3. The number of aromatic nitrogens is 3. The highest BCUT2D eigenvalue weighted by atomic mass is 15.3. The van der Waals surface area contributed by atoms with Gasteiger partial charge < -0.3 is 5.73 Å². The van der Waals surface area contributed by atoms with Gasteiger partial charge in [0, 0.05) is 24.9 Å². The molecule has 4 heteroatoms. The average Bonchev–Trinajstić information content (AvgIpc) is 2.66. The number of rotatable bonds is 6. The molecule has 0 saturated carbocycles. The normalized spacial score (nSPS) is 14.9. The molecule has 4 nitrogen and oxygen atoms in total. The lowest BCUT2D eigenvalue weighted by Gasteiger charge is -2.22. The van der Waals surface area contributed by atoms with E-state index in [2.05, 4.69) is 30.5 Å².